The third-order valence-electron chi connectivity index (χ3n) is 4.34. The Morgan fingerprint density at radius 3 is 2.04 bits per heavy atom. The van der Waals surface area contributed by atoms with Crippen LogP contribution >= 0.6 is 22.7 Å². The summed E-state index contributed by atoms with van der Waals surface area (Å²) in [6, 6.07) is 16.6. The van der Waals surface area contributed by atoms with Crippen molar-refractivity contribution in [1.82, 2.24) is 0 Å². The predicted octanol–water partition coefficient (Wildman–Crippen LogP) is 6.39. The minimum atomic E-state index is -0.293. The van der Waals surface area contributed by atoms with Crippen LogP contribution in [-0.4, -0.2) is 13.1 Å². The Bertz CT molecular complexity index is 1070. The van der Waals surface area contributed by atoms with Gasteiger partial charge in [0.2, 0.25) is 0 Å². The highest BCUT2D eigenvalue weighted by atomic mass is 32.1. The van der Waals surface area contributed by atoms with Crippen LogP contribution < -0.4 is 0 Å². The van der Waals surface area contributed by atoms with Crippen molar-refractivity contribution >= 4 is 39.4 Å². The van der Waals surface area contributed by atoms with Gasteiger partial charge in [0.05, 0.1) is 12.7 Å². The Morgan fingerprint density at radius 2 is 1.44 bits per heavy atom. The van der Waals surface area contributed by atoms with Crippen molar-refractivity contribution in [1.29, 1.82) is 0 Å². The molecule has 2 heterocycles. The fraction of sp³-hybridized carbons (Fsp3) is 0.0952. The summed E-state index contributed by atoms with van der Waals surface area (Å²) in [6.45, 7) is 2.14. The van der Waals surface area contributed by atoms with Gasteiger partial charge in [-0.1, -0.05) is 36.4 Å². The van der Waals surface area contributed by atoms with E-state index >= 15 is 0 Å². The van der Waals surface area contributed by atoms with Crippen LogP contribution in [0.4, 0.5) is 0 Å². The van der Waals surface area contributed by atoms with Gasteiger partial charge < -0.3 is 4.74 Å². The summed E-state index contributed by atoms with van der Waals surface area (Å²) in [4.78, 5) is 14.3. The van der Waals surface area contributed by atoms with Gasteiger partial charge in [-0.25, -0.2) is 4.79 Å². The maximum atomic E-state index is 12.1. The topological polar surface area (TPSA) is 26.3 Å². The van der Waals surface area contributed by atoms with Crippen LogP contribution in [0.3, 0.4) is 0 Å². The first-order valence-electron chi connectivity index (χ1n) is 7.93. The van der Waals surface area contributed by atoms with Gasteiger partial charge in [-0.3, -0.25) is 0 Å². The average molecular weight is 364 g/mol. The Kier molecular flexibility index (Phi) is 4.15. The number of carbonyl (C=O) groups excluding carboxylic acids is 1. The lowest BCUT2D eigenvalue weighted by Gasteiger charge is -2.11. The molecule has 25 heavy (non-hydrogen) atoms. The largest absolute Gasteiger partial charge is 0.465 e. The molecule has 0 N–H and O–H groups in total. The lowest BCUT2D eigenvalue weighted by atomic mass is 9.96. The molecule has 124 valence electrons. The Hall–Kier alpha value is -2.43. The van der Waals surface area contributed by atoms with E-state index < -0.39 is 0 Å². The van der Waals surface area contributed by atoms with Crippen LogP contribution in [0, 0.1) is 6.92 Å². The molecule has 0 fully saturated rings. The maximum Gasteiger partial charge on any atom is 0.339 e. The maximum absolute atomic E-state index is 12.1. The smallest absolute Gasteiger partial charge is 0.339 e. The van der Waals surface area contributed by atoms with Crippen LogP contribution in [0.5, 0.6) is 0 Å². The lowest BCUT2D eigenvalue weighted by molar-refractivity contribution is 0.0602. The first-order chi connectivity index (χ1) is 12.2. The SMILES string of the molecule is COC(=O)c1ccsc1-c1cccc2c(-c3sccc3C)cccc12. The number of thiophene rings is 2. The third-order valence-corrected chi connectivity index (χ3v) is 6.34. The van der Waals surface area contributed by atoms with Gasteiger partial charge in [-0.2, -0.15) is 0 Å². The average Bonchev–Trinajstić information content (AvgIpc) is 3.29. The monoisotopic (exact) mass is 364 g/mol. The number of fused-ring (bicyclic) bond motifs is 1. The van der Waals surface area contributed by atoms with E-state index in [0.717, 1.165) is 15.8 Å². The molecule has 0 atom stereocenters. The van der Waals surface area contributed by atoms with Gasteiger partial charge in [-0.15, -0.1) is 22.7 Å². The van der Waals surface area contributed by atoms with E-state index in [4.69, 9.17) is 4.74 Å². The summed E-state index contributed by atoms with van der Waals surface area (Å²) in [5, 5.41) is 6.42. The Balaban J connectivity index is 1.98. The molecule has 0 unspecified atom stereocenters. The second-order valence-electron chi connectivity index (χ2n) is 5.79. The first-order valence-corrected chi connectivity index (χ1v) is 9.69. The number of ether oxygens (including phenoxy) is 1. The molecule has 0 saturated carbocycles. The molecule has 2 aromatic carbocycles. The van der Waals surface area contributed by atoms with Crippen molar-refractivity contribution in [3.63, 3.8) is 0 Å². The molecule has 0 saturated heterocycles. The molecule has 4 heteroatoms. The fourth-order valence-corrected chi connectivity index (χ4v) is 5.03. The number of esters is 1. The number of carbonyl (C=O) groups is 1. The van der Waals surface area contributed by atoms with Gasteiger partial charge in [-0.05, 0) is 51.7 Å². The highest BCUT2D eigenvalue weighted by Gasteiger charge is 2.17. The number of rotatable bonds is 3. The first kappa shape index (κ1) is 16.1. The van der Waals surface area contributed by atoms with E-state index in [1.807, 2.05) is 11.4 Å². The van der Waals surface area contributed by atoms with E-state index in [0.29, 0.717) is 5.56 Å². The second-order valence-corrected chi connectivity index (χ2v) is 7.63. The molecule has 4 aromatic rings. The second kappa shape index (κ2) is 6.47. The van der Waals surface area contributed by atoms with Crippen LogP contribution in [0.2, 0.25) is 0 Å². The summed E-state index contributed by atoms with van der Waals surface area (Å²) >= 11 is 3.33. The van der Waals surface area contributed by atoms with E-state index in [1.54, 1.807) is 22.7 Å². The van der Waals surface area contributed by atoms with Gasteiger partial charge in [0.25, 0.3) is 0 Å². The zero-order chi connectivity index (χ0) is 17.4. The normalized spacial score (nSPS) is 11.0. The predicted molar refractivity (Wildman–Crippen MR) is 107 cm³/mol. The zero-order valence-electron chi connectivity index (χ0n) is 13.9. The molecule has 0 bridgehead atoms. The van der Waals surface area contributed by atoms with Crippen molar-refractivity contribution in [2.75, 3.05) is 7.11 Å². The molecule has 0 spiro atoms. The highest BCUT2D eigenvalue weighted by Crippen LogP contribution is 2.40. The van der Waals surface area contributed by atoms with Crippen molar-refractivity contribution in [2.24, 2.45) is 0 Å². The standard InChI is InChI=1S/C21H16O2S2/c1-13-9-11-24-19(13)16-7-3-6-15-14(16)5-4-8-17(15)20-18(10-12-25-20)21(22)23-2/h3-12H,1-2H3. The van der Waals surface area contributed by atoms with Crippen LogP contribution in [0.25, 0.3) is 31.7 Å². The van der Waals surface area contributed by atoms with Crippen molar-refractivity contribution in [2.45, 2.75) is 6.92 Å². The molecule has 0 amide bonds. The number of aryl methyl sites for hydroxylation is 1. The van der Waals surface area contributed by atoms with Gasteiger partial charge >= 0.3 is 5.97 Å². The molecule has 0 aliphatic rings. The minimum Gasteiger partial charge on any atom is -0.465 e. The van der Waals surface area contributed by atoms with Crippen molar-refractivity contribution in [3.8, 4) is 20.9 Å². The van der Waals surface area contributed by atoms with E-state index in [2.05, 4.69) is 54.8 Å². The van der Waals surface area contributed by atoms with Crippen LogP contribution in [0.1, 0.15) is 15.9 Å². The van der Waals surface area contributed by atoms with Gasteiger partial charge in [0.1, 0.15) is 0 Å². The highest BCUT2D eigenvalue weighted by molar-refractivity contribution is 7.14. The Morgan fingerprint density at radius 1 is 0.840 bits per heavy atom. The summed E-state index contributed by atoms with van der Waals surface area (Å²) in [7, 11) is 1.42. The summed E-state index contributed by atoms with van der Waals surface area (Å²) in [5.74, 6) is -0.293. The summed E-state index contributed by atoms with van der Waals surface area (Å²) < 4.78 is 4.94. The van der Waals surface area contributed by atoms with Crippen LogP contribution in [0.15, 0.2) is 59.3 Å². The number of hydrogen-bond acceptors (Lipinski definition) is 4. The molecule has 0 aliphatic carbocycles. The lowest BCUT2D eigenvalue weighted by Crippen LogP contribution is -2.00. The minimum absolute atomic E-state index is 0.293. The Labute approximate surface area is 154 Å². The molecular formula is C21H16O2S2. The molecule has 2 nitrogen and oxygen atoms in total. The number of benzene rings is 2. The molecular weight excluding hydrogens is 348 g/mol. The van der Waals surface area contributed by atoms with E-state index in [1.165, 1.54) is 28.5 Å². The summed E-state index contributed by atoms with van der Waals surface area (Å²) in [6.07, 6.45) is 0. The molecule has 4 rings (SSSR count). The summed E-state index contributed by atoms with van der Waals surface area (Å²) in [5.41, 5.74) is 4.22. The number of hydrogen-bond donors (Lipinski definition) is 0. The van der Waals surface area contributed by atoms with E-state index in [9.17, 15) is 4.79 Å². The molecule has 0 aliphatic heterocycles. The molecule has 0 radical (unpaired) electrons. The van der Waals surface area contributed by atoms with Gasteiger partial charge in [0.15, 0.2) is 0 Å². The number of methoxy groups -OCH3 is 1. The zero-order valence-corrected chi connectivity index (χ0v) is 15.5. The van der Waals surface area contributed by atoms with Gasteiger partial charge in [0, 0.05) is 15.3 Å². The van der Waals surface area contributed by atoms with Crippen molar-refractivity contribution < 1.29 is 9.53 Å². The third kappa shape index (κ3) is 2.68. The van der Waals surface area contributed by atoms with Crippen LogP contribution in [-0.2, 0) is 4.74 Å². The van der Waals surface area contributed by atoms with E-state index in [-0.39, 0.29) is 5.97 Å². The fourth-order valence-electron chi connectivity index (χ4n) is 3.14. The quantitative estimate of drug-likeness (QED) is 0.394. The molecule has 2 aromatic heterocycles. The van der Waals surface area contributed by atoms with Crippen molar-refractivity contribution in [3.05, 3.63) is 70.4 Å².